The Bertz CT molecular complexity index is 938. The predicted octanol–water partition coefficient (Wildman–Crippen LogP) is 1.14. The first-order valence-corrected chi connectivity index (χ1v) is 9.37. The summed E-state index contributed by atoms with van der Waals surface area (Å²) in [5.74, 6) is 2.91. The number of anilines is 3. The van der Waals surface area contributed by atoms with Crippen molar-refractivity contribution >= 4 is 17.5 Å². The number of nitrogens with zero attached hydrogens (tertiary/aromatic N) is 3. The standard InChI is InChI=1S/C19H24N8O2/c1-28-14-3-2-4-15(29-11-12-8-21-5-6-22-12)19(14)13-7-17(27-26-13)25-18-10-23-16(20)9-24-18/h2-4,7,9-10,12,21-22H,5-6,8,11H2,1H3,(H2,20,23)(H2,24,25,26,27)/t12-/m0/s1. The van der Waals surface area contributed by atoms with Gasteiger partial charge >= 0.3 is 0 Å². The zero-order chi connectivity index (χ0) is 20.1. The summed E-state index contributed by atoms with van der Waals surface area (Å²) >= 11 is 0. The molecule has 10 nitrogen and oxygen atoms in total. The van der Waals surface area contributed by atoms with E-state index < -0.39 is 0 Å². The Balaban J connectivity index is 1.55. The fourth-order valence-electron chi connectivity index (χ4n) is 3.14. The molecule has 0 spiro atoms. The highest BCUT2D eigenvalue weighted by Crippen LogP contribution is 2.38. The molecule has 29 heavy (non-hydrogen) atoms. The van der Waals surface area contributed by atoms with Crippen molar-refractivity contribution in [2.75, 3.05) is 44.4 Å². The summed E-state index contributed by atoms with van der Waals surface area (Å²) in [7, 11) is 1.63. The number of methoxy groups -OCH3 is 1. The van der Waals surface area contributed by atoms with Crippen LogP contribution in [-0.4, -0.2) is 59.6 Å². The van der Waals surface area contributed by atoms with E-state index in [4.69, 9.17) is 15.2 Å². The molecule has 10 heteroatoms. The van der Waals surface area contributed by atoms with Crippen LogP contribution in [0.15, 0.2) is 36.7 Å². The quantitative estimate of drug-likeness (QED) is 0.398. The second-order valence-corrected chi connectivity index (χ2v) is 6.62. The Morgan fingerprint density at radius 1 is 1.17 bits per heavy atom. The van der Waals surface area contributed by atoms with Crippen molar-refractivity contribution in [2.24, 2.45) is 0 Å². The summed E-state index contributed by atoms with van der Waals surface area (Å²) in [6.07, 6.45) is 3.03. The van der Waals surface area contributed by atoms with Crippen molar-refractivity contribution < 1.29 is 9.47 Å². The number of nitrogens with one attached hydrogen (secondary N) is 4. The van der Waals surface area contributed by atoms with Gasteiger partial charge in [-0.2, -0.15) is 5.10 Å². The average Bonchev–Trinajstić information content (AvgIpc) is 3.22. The lowest BCUT2D eigenvalue weighted by molar-refractivity contribution is 0.247. The van der Waals surface area contributed by atoms with Crippen molar-refractivity contribution in [1.29, 1.82) is 0 Å². The third kappa shape index (κ3) is 4.55. The molecule has 0 aliphatic carbocycles. The number of aromatic amines is 1. The topological polar surface area (TPSA) is 135 Å². The maximum Gasteiger partial charge on any atom is 0.153 e. The number of hydrogen-bond donors (Lipinski definition) is 5. The van der Waals surface area contributed by atoms with Gasteiger partial charge < -0.3 is 31.2 Å². The number of aromatic nitrogens is 4. The monoisotopic (exact) mass is 396 g/mol. The molecule has 2 aromatic heterocycles. The molecule has 3 aromatic rings. The predicted molar refractivity (Wildman–Crippen MR) is 110 cm³/mol. The largest absolute Gasteiger partial charge is 0.496 e. The highest BCUT2D eigenvalue weighted by molar-refractivity contribution is 5.76. The van der Waals surface area contributed by atoms with E-state index in [0.29, 0.717) is 29.8 Å². The van der Waals surface area contributed by atoms with Crippen LogP contribution in [0.1, 0.15) is 0 Å². The zero-order valence-corrected chi connectivity index (χ0v) is 16.1. The Morgan fingerprint density at radius 3 is 2.83 bits per heavy atom. The van der Waals surface area contributed by atoms with E-state index in [1.807, 2.05) is 24.3 Å². The number of hydrogen-bond acceptors (Lipinski definition) is 9. The first-order chi connectivity index (χ1) is 14.2. The Hall–Kier alpha value is -3.37. The first kappa shape index (κ1) is 19.0. The molecule has 3 heterocycles. The second-order valence-electron chi connectivity index (χ2n) is 6.62. The van der Waals surface area contributed by atoms with Crippen LogP contribution in [0.5, 0.6) is 11.5 Å². The van der Waals surface area contributed by atoms with Crippen molar-refractivity contribution in [2.45, 2.75) is 6.04 Å². The van der Waals surface area contributed by atoms with Crippen LogP contribution in [0.3, 0.4) is 0 Å². The maximum atomic E-state index is 6.13. The third-order valence-corrected chi connectivity index (χ3v) is 4.55. The fourth-order valence-corrected chi connectivity index (χ4v) is 3.14. The van der Waals surface area contributed by atoms with Crippen molar-refractivity contribution in [3.8, 4) is 22.8 Å². The molecule has 0 amide bonds. The van der Waals surface area contributed by atoms with Crippen LogP contribution < -0.4 is 31.2 Å². The van der Waals surface area contributed by atoms with Crippen molar-refractivity contribution in [3.05, 3.63) is 36.7 Å². The number of ether oxygens (including phenoxy) is 2. The Morgan fingerprint density at radius 2 is 2.07 bits per heavy atom. The van der Waals surface area contributed by atoms with E-state index in [-0.39, 0.29) is 6.04 Å². The van der Waals surface area contributed by atoms with Gasteiger partial charge in [-0.25, -0.2) is 9.97 Å². The SMILES string of the molecule is COc1cccc(OC[C@@H]2CNCCN2)c1-c1cc(Nc2cnc(N)cn2)n[nH]1. The smallest absolute Gasteiger partial charge is 0.153 e. The van der Waals surface area contributed by atoms with E-state index >= 15 is 0 Å². The van der Waals surface area contributed by atoms with Gasteiger partial charge in [-0.05, 0) is 12.1 Å². The molecule has 1 fully saturated rings. The first-order valence-electron chi connectivity index (χ1n) is 9.37. The van der Waals surface area contributed by atoms with Gasteiger partial charge in [0.2, 0.25) is 0 Å². The molecule has 0 saturated carbocycles. The number of H-pyrrole nitrogens is 1. The molecule has 4 rings (SSSR count). The highest BCUT2D eigenvalue weighted by Gasteiger charge is 2.18. The molecule has 0 bridgehead atoms. The molecule has 152 valence electrons. The molecule has 0 radical (unpaired) electrons. The van der Waals surface area contributed by atoms with Gasteiger partial charge in [0.25, 0.3) is 0 Å². The molecule has 1 aliphatic heterocycles. The van der Waals surface area contributed by atoms with Crippen LogP contribution in [0.4, 0.5) is 17.5 Å². The van der Waals surface area contributed by atoms with Gasteiger partial charge in [-0.15, -0.1) is 0 Å². The van der Waals surface area contributed by atoms with E-state index in [9.17, 15) is 0 Å². The van der Waals surface area contributed by atoms with E-state index in [1.165, 1.54) is 6.20 Å². The van der Waals surface area contributed by atoms with Crippen LogP contribution in [0.25, 0.3) is 11.3 Å². The molecular weight excluding hydrogens is 372 g/mol. The highest BCUT2D eigenvalue weighted by atomic mass is 16.5. The van der Waals surface area contributed by atoms with Gasteiger partial charge in [-0.3, -0.25) is 5.10 Å². The summed E-state index contributed by atoms with van der Waals surface area (Å²) in [5, 5.41) is 17.2. The molecular formula is C19H24N8O2. The maximum absolute atomic E-state index is 6.13. The number of piperazine rings is 1. The Kier molecular flexibility index (Phi) is 5.73. The number of nitrogens with two attached hydrogens (primary N) is 1. The minimum atomic E-state index is 0.255. The van der Waals surface area contributed by atoms with Crippen molar-refractivity contribution in [3.63, 3.8) is 0 Å². The van der Waals surface area contributed by atoms with Gasteiger partial charge in [-0.1, -0.05) is 6.07 Å². The summed E-state index contributed by atoms with van der Waals surface area (Å²) < 4.78 is 11.7. The van der Waals surface area contributed by atoms with Crippen LogP contribution >= 0.6 is 0 Å². The van der Waals surface area contributed by atoms with Gasteiger partial charge in [0, 0.05) is 25.7 Å². The fraction of sp³-hybridized carbons (Fsp3) is 0.316. The van der Waals surface area contributed by atoms with Crippen molar-refractivity contribution in [1.82, 2.24) is 30.8 Å². The number of rotatable bonds is 7. The van der Waals surface area contributed by atoms with E-state index in [0.717, 1.165) is 36.6 Å². The zero-order valence-electron chi connectivity index (χ0n) is 16.1. The molecule has 1 saturated heterocycles. The van der Waals surface area contributed by atoms with E-state index in [2.05, 4.69) is 36.1 Å². The number of benzene rings is 1. The third-order valence-electron chi connectivity index (χ3n) is 4.55. The van der Waals surface area contributed by atoms with Gasteiger partial charge in [0.05, 0.1) is 36.8 Å². The van der Waals surface area contributed by atoms with E-state index in [1.54, 1.807) is 13.3 Å². The molecule has 1 atom stereocenters. The summed E-state index contributed by atoms with van der Waals surface area (Å²) in [6.45, 7) is 3.33. The van der Waals surface area contributed by atoms with Crippen LogP contribution in [0.2, 0.25) is 0 Å². The molecule has 1 aromatic carbocycles. The summed E-state index contributed by atoms with van der Waals surface area (Å²) in [6, 6.07) is 7.84. The van der Waals surface area contributed by atoms with Gasteiger partial charge in [0.1, 0.15) is 29.7 Å². The lowest BCUT2D eigenvalue weighted by Gasteiger charge is -2.25. The van der Waals surface area contributed by atoms with Gasteiger partial charge in [0.15, 0.2) is 5.82 Å². The van der Waals surface area contributed by atoms with Crippen LogP contribution in [-0.2, 0) is 0 Å². The lowest BCUT2D eigenvalue weighted by atomic mass is 10.1. The molecule has 0 unspecified atom stereocenters. The normalized spacial score (nSPS) is 16.4. The lowest BCUT2D eigenvalue weighted by Crippen LogP contribution is -2.51. The summed E-state index contributed by atoms with van der Waals surface area (Å²) in [4.78, 5) is 8.19. The minimum absolute atomic E-state index is 0.255. The number of nitrogen functional groups attached to an aromatic ring is 1. The summed E-state index contributed by atoms with van der Waals surface area (Å²) in [5.41, 5.74) is 7.14. The average molecular weight is 396 g/mol. The minimum Gasteiger partial charge on any atom is -0.496 e. The van der Waals surface area contributed by atoms with Crippen LogP contribution in [0, 0.1) is 0 Å². The molecule has 1 aliphatic rings. The Labute approximate surface area is 168 Å². The second kappa shape index (κ2) is 8.76. The molecule has 6 N–H and O–H groups in total.